The monoisotopic (exact) mass is 240 g/mol. The zero-order valence-electron chi connectivity index (χ0n) is 11.7. The number of hydrogen-bond acceptors (Lipinski definition) is 1. The maximum atomic E-state index is 10.6. The zero-order chi connectivity index (χ0) is 13.3. The first-order valence-electron chi connectivity index (χ1n) is 6.88. The Morgan fingerprint density at radius 1 is 1.18 bits per heavy atom. The minimum Gasteiger partial charge on any atom is -0.478 e. The number of carboxylic acids is 1. The van der Waals surface area contributed by atoms with Gasteiger partial charge < -0.3 is 5.11 Å². The third kappa shape index (κ3) is 8.96. The van der Waals surface area contributed by atoms with Crippen molar-refractivity contribution in [2.45, 2.75) is 65.7 Å². The summed E-state index contributed by atoms with van der Waals surface area (Å²) in [5.74, 6) is 0.753. The van der Waals surface area contributed by atoms with Crippen LogP contribution in [0.5, 0.6) is 0 Å². The van der Waals surface area contributed by atoms with E-state index in [0.29, 0.717) is 12.0 Å². The van der Waals surface area contributed by atoms with Gasteiger partial charge in [0.2, 0.25) is 0 Å². The van der Waals surface area contributed by atoms with Crippen LogP contribution in [0.1, 0.15) is 65.7 Å². The Hall–Kier alpha value is -0.790. The Labute approximate surface area is 106 Å². The summed E-state index contributed by atoms with van der Waals surface area (Å²) < 4.78 is 0. The number of hydrogen-bond donors (Lipinski definition) is 1. The van der Waals surface area contributed by atoms with E-state index in [9.17, 15) is 4.79 Å². The van der Waals surface area contributed by atoms with Crippen LogP contribution in [-0.4, -0.2) is 11.1 Å². The number of aliphatic carboxylic acids is 1. The molecule has 0 aromatic carbocycles. The Morgan fingerprint density at radius 2 is 1.82 bits per heavy atom. The van der Waals surface area contributed by atoms with E-state index in [2.05, 4.69) is 27.4 Å². The molecule has 17 heavy (non-hydrogen) atoms. The molecule has 0 rings (SSSR count). The first-order valence-corrected chi connectivity index (χ1v) is 6.88. The fourth-order valence-electron chi connectivity index (χ4n) is 2.00. The van der Waals surface area contributed by atoms with Crippen molar-refractivity contribution in [1.29, 1.82) is 0 Å². The molecule has 0 heterocycles. The second-order valence-corrected chi connectivity index (χ2v) is 5.40. The van der Waals surface area contributed by atoms with Crippen molar-refractivity contribution in [3.05, 3.63) is 12.2 Å². The first-order chi connectivity index (χ1) is 7.97. The molecule has 0 spiro atoms. The van der Waals surface area contributed by atoms with Crippen molar-refractivity contribution in [3.8, 4) is 0 Å². The summed E-state index contributed by atoms with van der Waals surface area (Å²) in [6.07, 6.45) is 7.82. The lowest BCUT2D eigenvalue weighted by molar-refractivity contribution is -0.132. The molecule has 0 amide bonds. The predicted octanol–water partition coefficient (Wildman–Crippen LogP) is 4.65. The Kier molecular flexibility index (Phi) is 8.83. The van der Waals surface area contributed by atoms with Gasteiger partial charge >= 0.3 is 5.97 Å². The minimum absolute atomic E-state index is 0.347. The Bertz CT molecular complexity index is 231. The van der Waals surface area contributed by atoms with Gasteiger partial charge in [-0.3, -0.25) is 0 Å². The molecule has 1 atom stereocenters. The number of rotatable bonds is 10. The summed E-state index contributed by atoms with van der Waals surface area (Å²) in [5, 5.41) is 8.68. The summed E-state index contributed by atoms with van der Waals surface area (Å²) in [4.78, 5) is 10.6. The summed E-state index contributed by atoms with van der Waals surface area (Å²) in [6, 6.07) is 0. The largest absolute Gasteiger partial charge is 0.478 e. The molecule has 0 aliphatic rings. The summed E-state index contributed by atoms with van der Waals surface area (Å²) in [7, 11) is 0. The van der Waals surface area contributed by atoms with Crippen molar-refractivity contribution >= 4 is 5.97 Å². The number of carboxylic acid groups (broad SMARTS) is 1. The lowest BCUT2D eigenvalue weighted by Crippen LogP contribution is -2.02. The van der Waals surface area contributed by atoms with E-state index >= 15 is 0 Å². The van der Waals surface area contributed by atoms with Crippen LogP contribution in [-0.2, 0) is 4.79 Å². The zero-order valence-corrected chi connectivity index (χ0v) is 11.7. The molecule has 0 aliphatic carbocycles. The van der Waals surface area contributed by atoms with E-state index in [4.69, 9.17) is 5.11 Å². The average Bonchev–Trinajstić information content (AvgIpc) is 2.27. The molecule has 0 fully saturated rings. The highest BCUT2D eigenvalue weighted by atomic mass is 16.4. The van der Waals surface area contributed by atoms with Gasteiger partial charge in [0.25, 0.3) is 0 Å². The maximum absolute atomic E-state index is 10.6. The third-order valence-electron chi connectivity index (χ3n) is 3.37. The highest BCUT2D eigenvalue weighted by molar-refractivity contribution is 5.85. The standard InChI is InChI=1S/C15H28O2/c1-5-14(11-10-12(2)3)9-7-6-8-13(4)15(16)17/h12,14H,4-11H2,1-3H3,(H,16,17). The van der Waals surface area contributed by atoms with E-state index in [0.717, 1.165) is 24.7 Å². The van der Waals surface area contributed by atoms with E-state index in [1.54, 1.807) is 0 Å². The molecule has 1 unspecified atom stereocenters. The van der Waals surface area contributed by atoms with Crippen LogP contribution in [0, 0.1) is 11.8 Å². The molecule has 100 valence electrons. The maximum Gasteiger partial charge on any atom is 0.330 e. The molecule has 0 bridgehead atoms. The fraction of sp³-hybridized carbons (Fsp3) is 0.800. The van der Waals surface area contributed by atoms with Gasteiger partial charge in [0.1, 0.15) is 0 Å². The Balaban J connectivity index is 3.63. The van der Waals surface area contributed by atoms with Crippen molar-refractivity contribution in [2.24, 2.45) is 11.8 Å². The van der Waals surface area contributed by atoms with E-state index in [1.807, 2.05) is 0 Å². The SMILES string of the molecule is C=C(CCCCC(CC)CCC(C)C)C(=O)O. The summed E-state index contributed by atoms with van der Waals surface area (Å²) in [5.41, 5.74) is 0.347. The van der Waals surface area contributed by atoms with Gasteiger partial charge in [-0.05, 0) is 24.7 Å². The van der Waals surface area contributed by atoms with Crippen LogP contribution in [0.4, 0.5) is 0 Å². The third-order valence-corrected chi connectivity index (χ3v) is 3.37. The van der Waals surface area contributed by atoms with Crippen molar-refractivity contribution in [2.75, 3.05) is 0 Å². The van der Waals surface area contributed by atoms with E-state index in [1.165, 1.54) is 25.7 Å². The van der Waals surface area contributed by atoms with Crippen LogP contribution in [0.25, 0.3) is 0 Å². The average molecular weight is 240 g/mol. The van der Waals surface area contributed by atoms with Gasteiger partial charge in [0.15, 0.2) is 0 Å². The second-order valence-electron chi connectivity index (χ2n) is 5.40. The molecule has 0 aliphatic heterocycles. The van der Waals surface area contributed by atoms with Gasteiger partial charge in [-0.1, -0.05) is 59.5 Å². The summed E-state index contributed by atoms with van der Waals surface area (Å²) in [6.45, 7) is 10.3. The van der Waals surface area contributed by atoms with Gasteiger partial charge in [0, 0.05) is 5.57 Å². The van der Waals surface area contributed by atoms with E-state index < -0.39 is 5.97 Å². The molecule has 2 heteroatoms. The molecular formula is C15H28O2. The van der Waals surface area contributed by atoms with E-state index in [-0.39, 0.29) is 0 Å². The predicted molar refractivity (Wildman–Crippen MR) is 73.1 cm³/mol. The number of carbonyl (C=O) groups is 1. The quantitative estimate of drug-likeness (QED) is 0.446. The van der Waals surface area contributed by atoms with Gasteiger partial charge in [-0.2, -0.15) is 0 Å². The van der Waals surface area contributed by atoms with Gasteiger partial charge in [-0.15, -0.1) is 0 Å². The highest BCUT2D eigenvalue weighted by Gasteiger charge is 2.08. The molecule has 1 N–H and O–H groups in total. The Morgan fingerprint density at radius 3 is 2.29 bits per heavy atom. The molecule has 0 radical (unpaired) electrons. The van der Waals surface area contributed by atoms with Crippen LogP contribution < -0.4 is 0 Å². The summed E-state index contributed by atoms with van der Waals surface area (Å²) >= 11 is 0. The normalized spacial score (nSPS) is 12.7. The molecule has 0 saturated heterocycles. The van der Waals surface area contributed by atoms with Crippen molar-refractivity contribution in [1.82, 2.24) is 0 Å². The smallest absolute Gasteiger partial charge is 0.330 e. The van der Waals surface area contributed by atoms with Crippen LogP contribution >= 0.6 is 0 Å². The topological polar surface area (TPSA) is 37.3 Å². The second kappa shape index (κ2) is 9.26. The van der Waals surface area contributed by atoms with Crippen molar-refractivity contribution in [3.63, 3.8) is 0 Å². The van der Waals surface area contributed by atoms with Crippen LogP contribution in [0.3, 0.4) is 0 Å². The minimum atomic E-state index is -0.850. The van der Waals surface area contributed by atoms with Gasteiger partial charge in [-0.25, -0.2) is 4.79 Å². The fourth-order valence-corrected chi connectivity index (χ4v) is 2.00. The van der Waals surface area contributed by atoms with Crippen LogP contribution in [0.2, 0.25) is 0 Å². The van der Waals surface area contributed by atoms with Crippen LogP contribution in [0.15, 0.2) is 12.2 Å². The lowest BCUT2D eigenvalue weighted by atomic mass is 9.91. The first kappa shape index (κ1) is 16.2. The highest BCUT2D eigenvalue weighted by Crippen LogP contribution is 2.22. The molecule has 0 saturated carbocycles. The molecule has 0 aromatic heterocycles. The molecular weight excluding hydrogens is 212 g/mol. The number of unbranched alkanes of at least 4 members (excludes halogenated alkanes) is 1. The molecule has 2 nitrogen and oxygen atoms in total. The lowest BCUT2D eigenvalue weighted by Gasteiger charge is -2.15. The van der Waals surface area contributed by atoms with Crippen molar-refractivity contribution < 1.29 is 9.90 Å². The van der Waals surface area contributed by atoms with Gasteiger partial charge in [0.05, 0.1) is 0 Å². The molecule has 0 aromatic rings.